The van der Waals surface area contributed by atoms with Crippen LogP contribution < -0.4 is 10.6 Å². The molecular formula is C22H27ClN4O2. The van der Waals surface area contributed by atoms with E-state index in [0.29, 0.717) is 19.0 Å². The van der Waals surface area contributed by atoms with Gasteiger partial charge >= 0.3 is 0 Å². The van der Waals surface area contributed by atoms with Crippen molar-refractivity contribution in [3.05, 3.63) is 47.0 Å². The lowest BCUT2D eigenvalue weighted by atomic mass is 9.85. The highest BCUT2D eigenvalue weighted by Crippen LogP contribution is 2.52. The van der Waals surface area contributed by atoms with Crippen LogP contribution in [0.5, 0.6) is 0 Å². The third kappa shape index (κ3) is 3.90. The molecule has 4 atom stereocenters. The molecular weight excluding hydrogens is 388 g/mol. The number of amides is 2. The van der Waals surface area contributed by atoms with E-state index in [0.717, 1.165) is 36.4 Å². The molecule has 0 spiro atoms. The first-order valence-corrected chi connectivity index (χ1v) is 10.7. The number of aryl methyl sites for hydroxylation is 1. The second kappa shape index (κ2) is 8.57. The Kier molecular flexibility index (Phi) is 5.90. The van der Waals surface area contributed by atoms with Crippen LogP contribution in [0.4, 0.5) is 0 Å². The van der Waals surface area contributed by atoms with Gasteiger partial charge in [0.05, 0.1) is 11.8 Å². The molecule has 3 aliphatic rings. The van der Waals surface area contributed by atoms with Crippen LogP contribution in [0, 0.1) is 23.7 Å². The van der Waals surface area contributed by atoms with Gasteiger partial charge < -0.3 is 10.6 Å². The fraction of sp³-hybridized carbons (Fsp3) is 0.500. The first kappa shape index (κ1) is 20.0. The Morgan fingerprint density at radius 1 is 1.10 bits per heavy atom. The second-order valence-corrected chi connectivity index (χ2v) is 8.36. The maximum atomic E-state index is 12.7. The third-order valence-electron chi connectivity index (χ3n) is 6.29. The number of imide groups is 1. The SMILES string of the molecule is CN=C(NCCCc1ccccc1Cl)NCCN1C(=O)C2C3C=CC(C3)C2C1=O. The van der Waals surface area contributed by atoms with Crippen molar-refractivity contribution in [2.75, 3.05) is 26.7 Å². The highest BCUT2D eigenvalue weighted by molar-refractivity contribution is 6.31. The minimum absolute atomic E-state index is 0.00124. The zero-order valence-electron chi connectivity index (χ0n) is 16.6. The van der Waals surface area contributed by atoms with E-state index in [9.17, 15) is 9.59 Å². The van der Waals surface area contributed by atoms with Gasteiger partial charge in [-0.25, -0.2) is 0 Å². The van der Waals surface area contributed by atoms with Crippen LogP contribution in [0.2, 0.25) is 5.02 Å². The molecule has 0 aromatic heterocycles. The fourth-order valence-corrected chi connectivity index (χ4v) is 5.11. The molecule has 29 heavy (non-hydrogen) atoms. The predicted octanol–water partition coefficient (Wildman–Crippen LogP) is 2.24. The van der Waals surface area contributed by atoms with Crippen LogP contribution >= 0.6 is 11.6 Å². The van der Waals surface area contributed by atoms with E-state index >= 15 is 0 Å². The largest absolute Gasteiger partial charge is 0.356 e. The zero-order chi connectivity index (χ0) is 20.4. The Morgan fingerprint density at radius 2 is 1.76 bits per heavy atom. The van der Waals surface area contributed by atoms with Gasteiger partial charge in [0.1, 0.15) is 0 Å². The minimum Gasteiger partial charge on any atom is -0.356 e. The number of halogens is 1. The summed E-state index contributed by atoms with van der Waals surface area (Å²) in [5, 5.41) is 7.27. The molecule has 1 aromatic rings. The standard InChI is InChI=1S/C22H27ClN4O2/c1-24-22(25-10-4-6-14-5-2-3-7-17(14)23)26-11-12-27-20(28)18-15-8-9-16(13-15)19(18)21(27)29/h2-3,5,7-9,15-16,18-19H,4,6,10-13H2,1H3,(H2,24,25,26). The Bertz CT molecular complexity index is 823. The number of nitrogens with zero attached hydrogens (tertiary/aromatic N) is 2. The molecule has 2 amide bonds. The highest BCUT2D eigenvalue weighted by atomic mass is 35.5. The summed E-state index contributed by atoms with van der Waals surface area (Å²) in [6.07, 6.45) is 7.01. The van der Waals surface area contributed by atoms with Crippen molar-refractivity contribution in [3.8, 4) is 0 Å². The monoisotopic (exact) mass is 414 g/mol. The van der Waals surface area contributed by atoms with Gasteiger partial charge in [-0.3, -0.25) is 19.5 Å². The molecule has 4 unspecified atom stereocenters. The molecule has 6 nitrogen and oxygen atoms in total. The lowest BCUT2D eigenvalue weighted by molar-refractivity contribution is -0.140. The average molecular weight is 415 g/mol. The van der Waals surface area contributed by atoms with Crippen molar-refractivity contribution >= 4 is 29.4 Å². The molecule has 2 fully saturated rings. The Morgan fingerprint density at radius 3 is 2.41 bits per heavy atom. The molecule has 154 valence electrons. The number of carbonyl (C=O) groups is 2. The lowest BCUT2D eigenvalue weighted by Crippen LogP contribution is -2.44. The Hall–Kier alpha value is -2.34. The molecule has 0 radical (unpaired) electrons. The van der Waals surface area contributed by atoms with E-state index in [2.05, 4.69) is 27.8 Å². The Labute approximate surface area is 176 Å². The molecule has 1 saturated carbocycles. The fourth-order valence-electron chi connectivity index (χ4n) is 4.88. The molecule has 4 rings (SSSR count). The highest BCUT2D eigenvalue weighted by Gasteiger charge is 2.58. The summed E-state index contributed by atoms with van der Waals surface area (Å²) in [5.41, 5.74) is 1.14. The minimum atomic E-state index is -0.125. The Balaban J connectivity index is 1.19. The number of guanidine groups is 1. The number of hydrogen-bond donors (Lipinski definition) is 2. The maximum absolute atomic E-state index is 12.7. The second-order valence-electron chi connectivity index (χ2n) is 7.95. The van der Waals surface area contributed by atoms with Crippen molar-refractivity contribution < 1.29 is 9.59 Å². The molecule has 1 saturated heterocycles. The van der Waals surface area contributed by atoms with Crippen molar-refractivity contribution in [1.29, 1.82) is 0 Å². The molecule has 2 aliphatic carbocycles. The third-order valence-corrected chi connectivity index (χ3v) is 6.65. The topological polar surface area (TPSA) is 73.8 Å². The van der Waals surface area contributed by atoms with Crippen LogP contribution in [-0.2, 0) is 16.0 Å². The maximum Gasteiger partial charge on any atom is 0.233 e. The van der Waals surface area contributed by atoms with Crippen LogP contribution in [0.1, 0.15) is 18.4 Å². The normalized spacial score (nSPS) is 27.7. The van der Waals surface area contributed by atoms with Gasteiger partial charge in [0, 0.05) is 31.7 Å². The number of carbonyl (C=O) groups excluding carboxylic acids is 2. The van der Waals surface area contributed by atoms with Crippen LogP contribution in [0.3, 0.4) is 0 Å². The number of likely N-dealkylation sites (tertiary alicyclic amines) is 1. The number of benzene rings is 1. The summed E-state index contributed by atoms with van der Waals surface area (Å²) in [7, 11) is 1.71. The first-order chi connectivity index (χ1) is 14.1. The van der Waals surface area contributed by atoms with E-state index in [1.807, 2.05) is 24.3 Å². The van der Waals surface area contributed by atoms with Gasteiger partial charge in [-0.15, -0.1) is 0 Å². The molecule has 7 heteroatoms. The summed E-state index contributed by atoms with van der Waals surface area (Å²) < 4.78 is 0. The van der Waals surface area contributed by atoms with Crippen molar-refractivity contribution in [3.63, 3.8) is 0 Å². The quantitative estimate of drug-likeness (QED) is 0.236. The molecule has 1 aliphatic heterocycles. The number of fused-ring (bicyclic) bond motifs is 5. The number of nitrogens with one attached hydrogen (secondary N) is 2. The van der Waals surface area contributed by atoms with Crippen LogP contribution in [0.25, 0.3) is 0 Å². The zero-order valence-corrected chi connectivity index (χ0v) is 17.4. The lowest BCUT2D eigenvalue weighted by Gasteiger charge is -2.18. The van der Waals surface area contributed by atoms with E-state index in [4.69, 9.17) is 11.6 Å². The van der Waals surface area contributed by atoms with Gasteiger partial charge in [-0.2, -0.15) is 0 Å². The molecule has 2 bridgehead atoms. The smallest absolute Gasteiger partial charge is 0.233 e. The molecule has 1 aromatic carbocycles. The van der Waals surface area contributed by atoms with Crippen LogP contribution in [-0.4, -0.2) is 49.4 Å². The summed E-state index contributed by atoms with van der Waals surface area (Å²) in [6.45, 7) is 1.62. The van der Waals surface area contributed by atoms with Crippen molar-refractivity contribution in [2.24, 2.45) is 28.7 Å². The summed E-state index contributed by atoms with van der Waals surface area (Å²) in [5.74, 6) is 0.936. The molecule has 2 N–H and O–H groups in total. The van der Waals surface area contributed by atoms with Gasteiger partial charge in [-0.1, -0.05) is 42.0 Å². The van der Waals surface area contributed by atoms with Crippen molar-refractivity contribution in [1.82, 2.24) is 15.5 Å². The summed E-state index contributed by atoms with van der Waals surface area (Å²) in [6, 6.07) is 7.86. The van der Waals surface area contributed by atoms with E-state index < -0.39 is 0 Å². The van der Waals surface area contributed by atoms with E-state index in [1.165, 1.54) is 4.90 Å². The number of hydrogen-bond acceptors (Lipinski definition) is 3. The molecule has 1 heterocycles. The average Bonchev–Trinajstić information content (AvgIpc) is 3.40. The van der Waals surface area contributed by atoms with Crippen LogP contribution in [0.15, 0.2) is 41.4 Å². The van der Waals surface area contributed by atoms with Crippen molar-refractivity contribution in [2.45, 2.75) is 19.3 Å². The number of aliphatic imine (C=N–C) groups is 1. The number of rotatable bonds is 7. The van der Waals surface area contributed by atoms with E-state index in [-0.39, 0.29) is 35.5 Å². The van der Waals surface area contributed by atoms with Gasteiger partial charge in [-0.05, 0) is 42.7 Å². The summed E-state index contributed by atoms with van der Waals surface area (Å²) >= 11 is 6.18. The first-order valence-electron chi connectivity index (χ1n) is 10.3. The van der Waals surface area contributed by atoms with E-state index in [1.54, 1.807) is 7.05 Å². The van der Waals surface area contributed by atoms with Gasteiger partial charge in [0.2, 0.25) is 11.8 Å². The number of allylic oxidation sites excluding steroid dienone is 2. The predicted molar refractivity (Wildman–Crippen MR) is 114 cm³/mol. The summed E-state index contributed by atoms with van der Waals surface area (Å²) in [4.78, 5) is 31.0. The van der Waals surface area contributed by atoms with Gasteiger partial charge in [0.15, 0.2) is 5.96 Å². The van der Waals surface area contributed by atoms with Gasteiger partial charge in [0.25, 0.3) is 0 Å².